The van der Waals surface area contributed by atoms with Crippen molar-refractivity contribution in [2.45, 2.75) is 9.79 Å². The van der Waals surface area contributed by atoms with E-state index in [1.165, 1.54) is 9.79 Å². The van der Waals surface area contributed by atoms with Crippen LogP contribution in [0, 0.1) is 0 Å². The minimum Gasteiger partial charge on any atom is -0.453 e. The highest BCUT2D eigenvalue weighted by Gasteiger charge is 2.29. The van der Waals surface area contributed by atoms with E-state index in [9.17, 15) is 0 Å². The van der Waals surface area contributed by atoms with Crippen molar-refractivity contribution in [3.05, 3.63) is 164 Å². The molecule has 0 bridgehead atoms. The maximum absolute atomic E-state index is 6.38. The fourth-order valence-corrected chi connectivity index (χ4v) is 7.39. The molecule has 9 rings (SSSR count). The normalized spacial score (nSPS) is 12.8. The topological polar surface area (TPSA) is 28.6 Å². The van der Waals surface area contributed by atoms with Gasteiger partial charge in [-0.2, -0.15) is 0 Å². The second-order valence-electron chi connectivity index (χ2n) is 11.3. The molecule has 0 saturated heterocycles. The highest BCUT2D eigenvalue weighted by atomic mass is 32.2. The lowest BCUT2D eigenvalue weighted by molar-refractivity contribution is 0.477. The maximum Gasteiger partial charge on any atom is 0.151 e. The van der Waals surface area contributed by atoms with E-state index in [-0.39, 0.29) is 0 Å². The van der Waals surface area contributed by atoms with Gasteiger partial charge in [-0.05, 0) is 78.9 Å². The predicted molar refractivity (Wildman–Crippen MR) is 189 cm³/mol. The van der Waals surface area contributed by atoms with E-state index in [0.717, 1.165) is 68.1 Å². The molecule has 0 radical (unpaired) electrons. The quantitative estimate of drug-likeness (QED) is 0.198. The van der Waals surface area contributed by atoms with Crippen molar-refractivity contribution in [3.63, 3.8) is 0 Å². The predicted octanol–water partition coefficient (Wildman–Crippen LogP) is 11.9. The summed E-state index contributed by atoms with van der Waals surface area (Å²) in [4.78, 5) is 12.3. The van der Waals surface area contributed by atoms with Crippen LogP contribution in [0.2, 0.25) is 0 Å². The first kappa shape index (κ1) is 26.6. The molecule has 3 heterocycles. The van der Waals surface area contributed by atoms with E-state index in [1.807, 2.05) is 42.1 Å². The number of rotatable bonds is 4. The lowest BCUT2D eigenvalue weighted by Crippen LogP contribution is -2.18. The van der Waals surface area contributed by atoms with Gasteiger partial charge in [0.25, 0.3) is 0 Å². The Morgan fingerprint density at radius 1 is 0.413 bits per heavy atom. The number of pyridine rings is 1. The van der Waals surface area contributed by atoms with Crippen molar-refractivity contribution < 1.29 is 4.74 Å². The zero-order chi connectivity index (χ0) is 30.5. The van der Waals surface area contributed by atoms with E-state index >= 15 is 0 Å². The van der Waals surface area contributed by atoms with Gasteiger partial charge in [0.1, 0.15) is 0 Å². The molecule has 0 fully saturated rings. The van der Waals surface area contributed by atoms with Crippen LogP contribution in [0.1, 0.15) is 0 Å². The van der Waals surface area contributed by atoms with Crippen molar-refractivity contribution in [1.29, 1.82) is 0 Å². The summed E-state index contributed by atoms with van der Waals surface area (Å²) in [5.41, 5.74) is 10.3. The van der Waals surface area contributed by atoms with Gasteiger partial charge in [0, 0.05) is 32.3 Å². The van der Waals surface area contributed by atoms with Crippen LogP contribution in [0.5, 0.6) is 11.5 Å². The van der Waals surface area contributed by atoms with Gasteiger partial charge in [-0.1, -0.05) is 96.7 Å². The van der Waals surface area contributed by atoms with E-state index in [1.54, 1.807) is 0 Å². The molecule has 0 N–H and O–H groups in total. The number of para-hydroxylation sites is 6. The van der Waals surface area contributed by atoms with Gasteiger partial charge in [-0.25, -0.2) is 4.98 Å². The van der Waals surface area contributed by atoms with Gasteiger partial charge in [-0.15, -0.1) is 0 Å². The minimum absolute atomic E-state index is 0.822. The third-order valence-electron chi connectivity index (χ3n) is 8.40. The molecule has 4 nitrogen and oxygen atoms in total. The lowest BCUT2D eigenvalue weighted by Gasteiger charge is -2.36. The second-order valence-corrected chi connectivity index (χ2v) is 12.3. The molecule has 218 valence electrons. The van der Waals surface area contributed by atoms with E-state index in [2.05, 4.69) is 143 Å². The first-order valence-corrected chi connectivity index (χ1v) is 16.1. The van der Waals surface area contributed by atoms with Crippen LogP contribution in [0.25, 0.3) is 22.5 Å². The Morgan fingerprint density at radius 2 is 0.891 bits per heavy atom. The number of nitrogens with zero attached hydrogens (tertiary/aromatic N) is 3. The number of hydrogen-bond acceptors (Lipinski definition) is 5. The largest absolute Gasteiger partial charge is 0.453 e. The summed E-state index contributed by atoms with van der Waals surface area (Å²) >= 11 is 1.81. The number of fused-ring (bicyclic) bond motifs is 4. The van der Waals surface area contributed by atoms with Gasteiger partial charge in [0.05, 0.1) is 34.1 Å². The second kappa shape index (κ2) is 11.0. The summed E-state index contributed by atoms with van der Waals surface area (Å²) in [5, 5.41) is 0. The molecular formula is C41H27N3OS. The first-order chi connectivity index (χ1) is 22.8. The number of benzene rings is 6. The van der Waals surface area contributed by atoms with Crippen molar-refractivity contribution in [2.24, 2.45) is 0 Å². The molecule has 46 heavy (non-hydrogen) atoms. The highest BCUT2D eigenvalue weighted by Crippen LogP contribution is 2.54. The summed E-state index contributed by atoms with van der Waals surface area (Å²) in [5.74, 6) is 1.64. The van der Waals surface area contributed by atoms with Gasteiger partial charge in [0.2, 0.25) is 0 Å². The Labute approximate surface area is 272 Å². The molecule has 7 aromatic rings. The van der Waals surface area contributed by atoms with Crippen LogP contribution in [0.15, 0.2) is 174 Å². The third-order valence-corrected chi connectivity index (χ3v) is 9.53. The Hall–Kier alpha value is -5.78. The summed E-state index contributed by atoms with van der Waals surface area (Å²) in [6.07, 6.45) is 0. The number of ether oxygens (including phenoxy) is 1. The molecule has 6 aromatic carbocycles. The summed E-state index contributed by atoms with van der Waals surface area (Å²) in [6, 6.07) is 57.2. The van der Waals surface area contributed by atoms with Crippen molar-refractivity contribution in [2.75, 3.05) is 9.80 Å². The van der Waals surface area contributed by atoms with Crippen LogP contribution >= 0.6 is 11.8 Å². The van der Waals surface area contributed by atoms with Gasteiger partial charge < -0.3 is 14.5 Å². The lowest BCUT2D eigenvalue weighted by atomic mass is 10.0. The van der Waals surface area contributed by atoms with Gasteiger partial charge in [0.15, 0.2) is 11.5 Å². The fourth-order valence-electron chi connectivity index (χ4n) is 6.33. The number of aromatic nitrogens is 1. The zero-order valence-electron chi connectivity index (χ0n) is 24.7. The van der Waals surface area contributed by atoms with E-state index in [0.29, 0.717) is 0 Å². The molecule has 0 aliphatic carbocycles. The van der Waals surface area contributed by atoms with Crippen molar-refractivity contribution in [1.82, 2.24) is 4.98 Å². The molecule has 2 aliphatic heterocycles. The molecule has 1 aromatic heterocycles. The summed E-state index contributed by atoms with van der Waals surface area (Å²) in [6.45, 7) is 0. The average molecular weight is 610 g/mol. The van der Waals surface area contributed by atoms with Crippen molar-refractivity contribution in [3.8, 4) is 34.0 Å². The van der Waals surface area contributed by atoms with Crippen molar-refractivity contribution >= 4 is 45.9 Å². The van der Waals surface area contributed by atoms with Crippen LogP contribution in [-0.4, -0.2) is 4.98 Å². The highest BCUT2D eigenvalue weighted by molar-refractivity contribution is 7.99. The molecular weight excluding hydrogens is 583 g/mol. The molecule has 0 atom stereocenters. The average Bonchev–Trinajstić information content (AvgIpc) is 3.13. The van der Waals surface area contributed by atoms with Gasteiger partial charge in [-0.3, -0.25) is 0 Å². The summed E-state index contributed by atoms with van der Waals surface area (Å²) in [7, 11) is 0. The smallest absolute Gasteiger partial charge is 0.151 e. The SMILES string of the molecule is c1ccc(-c2cccc(-c3cc(N4c5ccccc5Oc5ccccc54)cc(N4c5ccccc5Sc5ccccc54)c3)n2)cc1. The Bertz CT molecular complexity index is 2040. The fraction of sp³-hybridized carbons (Fsp3) is 0. The Balaban J connectivity index is 1.30. The van der Waals surface area contributed by atoms with Crippen LogP contribution < -0.4 is 14.5 Å². The molecule has 2 aliphatic rings. The molecule has 0 saturated carbocycles. The zero-order valence-corrected chi connectivity index (χ0v) is 25.6. The Kier molecular flexibility index (Phi) is 6.35. The van der Waals surface area contributed by atoms with Crippen LogP contribution in [0.4, 0.5) is 34.1 Å². The van der Waals surface area contributed by atoms with Crippen LogP contribution in [0.3, 0.4) is 0 Å². The molecule has 0 amide bonds. The molecule has 0 unspecified atom stereocenters. The first-order valence-electron chi connectivity index (χ1n) is 15.3. The minimum atomic E-state index is 0.822. The third kappa shape index (κ3) is 4.52. The number of hydrogen-bond donors (Lipinski definition) is 0. The molecule has 0 spiro atoms. The summed E-state index contributed by atoms with van der Waals surface area (Å²) < 4.78 is 6.38. The van der Waals surface area contributed by atoms with Gasteiger partial charge >= 0.3 is 0 Å². The maximum atomic E-state index is 6.38. The Morgan fingerprint density at radius 3 is 1.50 bits per heavy atom. The van der Waals surface area contributed by atoms with Crippen LogP contribution in [-0.2, 0) is 0 Å². The number of anilines is 6. The monoisotopic (exact) mass is 609 g/mol. The van der Waals surface area contributed by atoms with E-state index < -0.39 is 0 Å². The standard InChI is InChI=1S/C41H27N3OS/c1-2-13-28(14-3-1)32-15-12-16-33(42-32)29-25-30(43-34-17-4-8-21-38(34)45-39-22-9-5-18-35(39)43)27-31(26-29)44-36-19-6-10-23-40(36)46-41-24-11-7-20-37(41)44/h1-27H. The molecule has 5 heteroatoms. The van der Waals surface area contributed by atoms with E-state index in [4.69, 9.17) is 9.72 Å².